The summed E-state index contributed by atoms with van der Waals surface area (Å²) in [4.78, 5) is 14.5. The minimum Gasteiger partial charge on any atom is -0.466 e. The monoisotopic (exact) mass is 289 g/mol. The Morgan fingerprint density at radius 3 is 2.62 bits per heavy atom. The van der Waals surface area contributed by atoms with E-state index >= 15 is 0 Å². The van der Waals surface area contributed by atoms with Gasteiger partial charge in [0.15, 0.2) is 0 Å². The first kappa shape index (κ1) is 16.0. The Morgan fingerprint density at radius 2 is 1.95 bits per heavy atom. The van der Waals surface area contributed by atoms with Crippen molar-refractivity contribution in [1.82, 2.24) is 4.90 Å². The maximum atomic E-state index is 12.0. The van der Waals surface area contributed by atoms with E-state index in [1.54, 1.807) is 0 Å². The van der Waals surface area contributed by atoms with Crippen LogP contribution in [0.15, 0.2) is 18.2 Å². The molecule has 21 heavy (non-hydrogen) atoms. The third-order valence-electron chi connectivity index (χ3n) is 4.50. The maximum Gasteiger partial charge on any atom is 0.307 e. The Bertz CT molecular complexity index is 478. The zero-order chi connectivity index (χ0) is 15.2. The van der Waals surface area contributed by atoms with Gasteiger partial charge in [0.2, 0.25) is 0 Å². The molecule has 1 heterocycles. The lowest BCUT2D eigenvalue weighted by molar-refractivity contribution is -0.144. The quantitative estimate of drug-likeness (QED) is 0.773. The lowest BCUT2D eigenvalue weighted by Gasteiger charge is -2.35. The number of likely N-dealkylation sites (tertiary alicyclic amines) is 1. The van der Waals surface area contributed by atoms with Gasteiger partial charge in [-0.2, -0.15) is 0 Å². The predicted octanol–water partition coefficient (Wildman–Crippen LogP) is 3.78. The Balaban J connectivity index is 2.25. The average Bonchev–Trinajstić information content (AvgIpc) is 2.49. The minimum atomic E-state index is -0.0889. The van der Waals surface area contributed by atoms with Crippen LogP contribution in [0.25, 0.3) is 0 Å². The van der Waals surface area contributed by atoms with Crippen molar-refractivity contribution in [2.75, 3.05) is 19.7 Å². The van der Waals surface area contributed by atoms with Crippen LogP contribution < -0.4 is 0 Å². The van der Waals surface area contributed by atoms with Gasteiger partial charge in [0.25, 0.3) is 0 Å². The van der Waals surface area contributed by atoms with Crippen molar-refractivity contribution in [1.29, 1.82) is 0 Å². The molecule has 0 amide bonds. The second kappa shape index (κ2) is 7.60. The van der Waals surface area contributed by atoms with Crippen molar-refractivity contribution < 1.29 is 9.53 Å². The van der Waals surface area contributed by atoms with Crippen molar-refractivity contribution in [3.63, 3.8) is 0 Å². The molecule has 1 saturated heterocycles. The number of benzene rings is 1. The number of carbonyl (C=O) groups excluding carboxylic acids is 1. The van der Waals surface area contributed by atoms with Crippen LogP contribution in [0.2, 0.25) is 0 Å². The fraction of sp³-hybridized carbons (Fsp3) is 0.611. The van der Waals surface area contributed by atoms with Gasteiger partial charge in [0, 0.05) is 6.04 Å². The number of carbonyl (C=O) groups is 1. The summed E-state index contributed by atoms with van der Waals surface area (Å²) < 4.78 is 5.19. The van der Waals surface area contributed by atoms with E-state index in [0.29, 0.717) is 13.0 Å². The lowest BCUT2D eigenvalue weighted by atomic mass is 9.93. The number of esters is 1. The molecule has 0 saturated carbocycles. The molecule has 2 rings (SSSR count). The largest absolute Gasteiger partial charge is 0.466 e. The first-order valence-corrected chi connectivity index (χ1v) is 8.09. The highest BCUT2D eigenvalue weighted by Crippen LogP contribution is 2.31. The van der Waals surface area contributed by atoms with Gasteiger partial charge in [0.05, 0.1) is 13.0 Å². The summed E-state index contributed by atoms with van der Waals surface area (Å²) in [6.45, 7) is 8.78. The van der Waals surface area contributed by atoms with E-state index in [4.69, 9.17) is 4.74 Å². The molecule has 1 aliphatic heterocycles. The molecule has 0 N–H and O–H groups in total. The number of nitrogens with zero attached hydrogens (tertiary/aromatic N) is 1. The van der Waals surface area contributed by atoms with Crippen molar-refractivity contribution in [2.45, 2.75) is 52.5 Å². The first-order chi connectivity index (χ1) is 10.1. The third-order valence-corrected chi connectivity index (χ3v) is 4.50. The smallest absolute Gasteiger partial charge is 0.307 e. The first-order valence-electron chi connectivity index (χ1n) is 8.09. The molecular weight excluding hydrogens is 262 g/mol. The SMILES string of the molecule is CCOC(=O)CC(c1cccc(C)c1C)N1CCCCC1. The molecular formula is C18H27NO2. The summed E-state index contributed by atoms with van der Waals surface area (Å²) >= 11 is 0. The zero-order valence-electron chi connectivity index (χ0n) is 13.5. The van der Waals surface area contributed by atoms with Crippen LogP contribution in [-0.2, 0) is 9.53 Å². The summed E-state index contributed by atoms with van der Waals surface area (Å²) in [6.07, 6.45) is 4.21. The third kappa shape index (κ3) is 4.07. The Kier molecular flexibility index (Phi) is 5.80. The van der Waals surface area contributed by atoms with E-state index in [1.165, 1.54) is 36.0 Å². The summed E-state index contributed by atoms with van der Waals surface area (Å²) in [5, 5.41) is 0. The average molecular weight is 289 g/mol. The van der Waals surface area contributed by atoms with Crippen LogP contribution in [0, 0.1) is 13.8 Å². The molecule has 3 heteroatoms. The van der Waals surface area contributed by atoms with Crippen LogP contribution in [0.3, 0.4) is 0 Å². The van der Waals surface area contributed by atoms with Crippen LogP contribution in [0.4, 0.5) is 0 Å². The number of rotatable bonds is 5. The topological polar surface area (TPSA) is 29.5 Å². The summed E-state index contributed by atoms with van der Waals surface area (Å²) in [5.41, 5.74) is 3.88. The fourth-order valence-electron chi connectivity index (χ4n) is 3.18. The number of piperidine rings is 1. The van der Waals surface area contributed by atoms with Gasteiger partial charge in [-0.15, -0.1) is 0 Å². The molecule has 1 aromatic carbocycles. The lowest BCUT2D eigenvalue weighted by Crippen LogP contribution is -2.35. The second-order valence-electron chi connectivity index (χ2n) is 5.91. The van der Waals surface area contributed by atoms with Gasteiger partial charge in [-0.05, 0) is 63.4 Å². The van der Waals surface area contributed by atoms with E-state index in [1.807, 2.05) is 6.92 Å². The van der Waals surface area contributed by atoms with Crippen LogP contribution in [0.1, 0.15) is 55.3 Å². The molecule has 1 aromatic rings. The molecule has 1 fully saturated rings. The molecule has 1 unspecified atom stereocenters. The van der Waals surface area contributed by atoms with Gasteiger partial charge in [0.1, 0.15) is 0 Å². The summed E-state index contributed by atoms with van der Waals surface area (Å²) in [7, 11) is 0. The molecule has 1 atom stereocenters. The molecule has 3 nitrogen and oxygen atoms in total. The Hall–Kier alpha value is -1.35. The van der Waals surface area contributed by atoms with Crippen LogP contribution in [0.5, 0.6) is 0 Å². The van der Waals surface area contributed by atoms with Crippen molar-refractivity contribution in [2.24, 2.45) is 0 Å². The van der Waals surface area contributed by atoms with E-state index in [9.17, 15) is 4.79 Å². The van der Waals surface area contributed by atoms with E-state index < -0.39 is 0 Å². The van der Waals surface area contributed by atoms with Crippen molar-refractivity contribution in [3.05, 3.63) is 34.9 Å². The number of aryl methyl sites for hydroxylation is 1. The van der Waals surface area contributed by atoms with Gasteiger partial charge >= 0.3 is 5.97 Å². The summed E-state index contributed by atoms with van der Waals surface area (Å²) in [5.74, 6) is -0.0889. The van der Waals surface area contributed by atoms with Crippen LogP contribution >= 0.6 is 0 Å². The molecule has 0 bridgehead atoms. The van der Waals surface area contributed by atoms with Gasteiger partial charge in [-0.1, -0.05) is 24.6 Å². The Morgan fingerprint density at radius 1 is 1.24 bits per heavy atom. The number of hydrogen-bond acceptors (Lipinski definition) is 3. The highest BCUT2D eigenvalue weighted by molar-refractivity contribution is 5.70. The van der Waals surface area contributed by atoms with E-state index in [-0.39, 0.29) is 12.0 Å². The Labute approximate surface area is 128 Å². The molecule has 0 aromatic heterocycles. The van der Waals surface area contributed by atoms with Crippen molar-refractivity contribution >= 4 is 5.97 Å². The summed E-state index contributed by atoms with van der Waals surface area (Å²) in [6, 6.07) is 6.56. The number of ether oxygens (including phenoxy) is 1. The standard InChI is InChI=1S/C18H27NO2/c1-4-21-18(20)13-17(19-11-6-5-7-12-19)16-10-8-9-14(2)15(16)3/h8-10,17H,4-7,11-13H2,1-3H3. The van der Waals surface area contributed by atoms with E-state index in [0.717, 1.165) is 13.1 Å². The molecule has 116 valence electrons. The molecule has 1 aliphatic rings. The highest BCUT2D eigenvalue weighted by Gasteiger charge is 2.26. The van der Waals surface area contributed by atoms with Crippen molar-refractivity contribution in [3.8, 4) is 0 Å². The maximum absolute atomic E-state index is 12.0. The van der Waals surface area contributed by atoms with Gasteiger partial charge < -0.3 is 4.74 Å². The fourth-order valence-corrected chi connectivity index (χ4v) is 3.18. The second-order valence-corrected chi connectivity index (χ2v) is 5.91. The molecule has 0 spiro atoms. The van der Waals surface area contributed by atoms with E-state index in [2.05, 4.69) is 36.9 Å². The predicted molar refractivity (Wildman–Crippen MR) is 85.3 cm³/mol. The highest BCUT2D eigenvalue weighted by atomic mass is 16.5. The minimum absolute atomic E-state index is 0.0889. The zero-order valence-corrected chi connectivity index (χ0v) is 13.5. The number of hydrogen-bond donors (Lipinski definition) is 0. The van der Waals surface area contributed by atoms with Gasteiger partial charge in [-0.3, -0.25) is 9.69 Å². The van der Waals surface area contributed by atoms with Gasteiger partial charge in [-0.25, -0.2) is 0 Å². The molecule has 0 radical (unpaired) electrons. The molecule has 0 aliphatic carbocycles. The van der Waals surface area contributed by atoms with Crippen LogP contribution in [-0.4, -0.2) is 30.6 Å². The normalized spacial score (nSPS) is 17.5.